The van der Waals surface area contributed by atoms with Gasteiger partial charge < -0.3 is 9.88 Å². The lowest BCUT2D eigenvalue weighted by Gasteiger charge is -2.46. The second-order valence-corrected chi connectivity index (χ2v) is 13.2. The average molecular weight is 631 g/mol. The van der Waals surface area contributed by atoms with Crippen molar-refractivity contribution in [3.05, 3.63) is 71.3 Å². The Morgan fingerprint density at radius 2 is 1.91 bits per heavy atom. The van der Waals surface area contributed by atoms with Crippen LogP contribution in [0, 0.1) is 5.92 Å². The smallest absolute Gasteiger partial charge is 0.370 e. The number of rotatable bonds is 10. The van der Waals surface area contributed by atoms with Crippen LogP contribution in [0.4, 0.5) is 24.8 Å². The maximum Gasteiger partial charge on any atom is 0.416 e. The monoisotopic (exact) mass is 630 g/mol. The number of aromatic nitrogens is 5. The van der Waals surface area contributed by atoms with Gasteiger partial charge in [0, 0.05) is 54.8 Å². The van der Waals surface area contributed by atoms with E-state index < -0.39 is 17.6 Å². The minimum absolute atomic E-state index is 0.0182. The van der Waals surface area contributed by atoms with Crippen molar-refractivity contribution in [3.63, 3.8) is 0 Å². The number of nitrogens with one attached hydrogen (secondary N) is 1. The Hall–Kier alpha value is -4.32. The zero-order valence-corrected chi connectivity index (χ0v) is 26.2. The molecule has 2 fully saturated rings. The Bertz CT molecular complexity index is 1790. The first-order chi connectivity index (χ1) is 22.0. The van der Waals surface area contributed by atoms with Crippen LogP contribution in [-0.4, -0.2) is 54.7 Å². The van der Waals surface area contributed by atoms with Gasteiger partial charge in [-0.1, -0.05) is 12.8 Å². The zero-order valence-electron chi connectivity index (χ0n) is 26.2. The van der Waals surface area contributed by atoms with E-state index in [1.807, 2.05) is 26.2 Å². The van der Waals surface area contributed by atoms with Crippen LogP contribution in [0.2, 0.25) is 0 Å². The van der Waals surface area contributed by atoms with Gasteiger partial charge in [-0.05, 0) is 92.6 Å². The number of benzene rings is 1. The second kappa shape index (κ2) is 11.5. The first-order valence-corrected chi connectivity index (χ1v) is 15.8. The van der Waals surface area contributed by atoms with E-state index in [4.69, 9.17) is 4.98 Å². The van der Waals surface area contributed by atoms with Crippen molar-refractivity contribution in [1.29, 1.82) is 0 Å². The molecule has 0 spiro atoms. The summed E-state index contributed by atoms with van der Waals surface area (Å²) in [6, 6.07) is 8.32. The van der Waals surface area contributed by atoms with Gasteiger partial charge in [0.15, 0.2) is 5.82 Å². The Labute approximate surface area is 265 Å². The molecule has 3 aliphatic rings. The normalized spacial score (nSPS) is 17.4. The number of carbonyl (C=O) groups is 1. The first kappa shape index (κ1) is 30.3. The van der Waals surface area contributed by atoms with Gasteiger partial charge >= 0.3 is 6.18 Å². The van der Waals surface area contributed by atoms with Crippen molar-refractivity contribution in [1.82, 2.24) is 29.6 Å². The summed E-state index contributed by atoms with van der Waals surface area (Å²) in [5, 5.41) is 11.7. The van der Waals surface area contributed by atoms with Gasteiger partial charge in [0.2, 0.25) is 0 Å². The summed E-state index contributed by atoms with van der Waals surface area (Å²) in [6.07, 6.45) is 6.93. The van der Waals surface area contributed by atoms with E-state index in [9.17, 15) is 18.0 Å². The highest BCUT2D eigenvalue weighted by atomic mass is 19.4. The number of nitrogens with zero attached hydrogens (tertiary/aromatic N) is 7. The van der Waals surface area contributed by atoms with E-state index in [2.05, 4.69) is 32.3 Å². The lowest BCUT2D eigenvalue weighted by atomic mass is 9.77. The van der Waals surface area contributed by atoms with Gasteiger partial charge in [-0.3, -0.25) is 19.6 Å². The van der Waals surface area contributed by atoms with Crippen molar-refractivity contribution in [2.45, 2.75) is 70.3 Å². The third kappa shape index (κ3) is 5.74. The summed E-state index contributed by atoms with van der Waals surface area (Å²) < 4.78 is 45.3. The topological polar surface area (TPSA) is 92.1 Å². The van der Waals surface area contributed by atoms with Crippen LogP contribution in [0.3, 0.4) is 0 Å². The molecule has 46 heavy (non-hydrogen) atoms. The van der Waals surface area contributed by atoms with E-state index in [0.717, 1.165) is 36.8 Å². The number of hydrogen-bond acceptors (Lipinski definition) is 7. The molecular weight excluding hydrogens is 593 g/mol. The molecule has 2 saturated carbocycles. The van der Waals surface area contributed by atoms with Crippen LogP contribution in [-0.2, 0) is 26.3 Å². The highest BCUT2D eigenvalue weighted by molar-refractivity contribution is 6.10. The molecule has 9 nitrogen and oxygen atoms in total. The summed E-state index contributed by atoms with van der Waals surface area (Å²) in [5.74, 6) is 1.65. The highest BCUT2D eigenvalue weighted by Crippen LogP contribution is 2.42. The van der Waals surface area contributed by atoms with Gasteiger partial charge in [0.05, 0.1) is 12.1 Å². The number of pyridine rings is 2. The van der Waals surface area contributed by atoms with Crippen molar-refractivity contribution in [3.8, 4) is 22.5 Å². The third-order valence-electron chi connectivity index (χ3n) is 9.91. The summed E-state index contributed by atoms with van der Waals surface area (Å²) in [4.78, 5) is 26.6. The second-order valence-electron chi connectivity index (χ2n) is 13.2. The molecule has 3 aromatic heterocycles. The molecular formula is C34H37F3N8O. The molecule has 240 valence electrons. The Balaban J connectivity index is 1.27. The van der Waals surface area contributed by atoms with Crippen LogP contribution in [0.5, 0.6) is 0 Å². The molecule has 1 aliphatic heterocycles. The minimum atomic E-state index is -4.61. The van der Waals surface area contributed by atoms with Gasteiger partial charge in [-0.25, -0.2) is 4.98 Å². The predicted octanol–water partition coefficient (Wildman–Crippen LogP) is 6.70. The predicted molar refractivity (Wildman–Crippen MR) is 169 cm³/mol. The third-order valence-corrected chi connectivity index (χ3v) is 9.91. The van der Waals surface area contributed by atoms with Crippen molar-refractivity contribution in [2.75, 3.05) is 23.8 Å². The molecule has 12 heteroatoms. The standard InChI is InChI=1S/C34H37F3N8O/c1-33(9-4-10-33)44(3)18-22-13-25-27(28(14-22)34(35,36)37)19-45(32(25)46)30-16-23(15-29(41-30)39-12-7-21-5-6-21)26-17-38-11-8-24(26)31-42-40-20-43(31)2/h8,11,13-17,20-21H,4-7,9-10,12,18-19H2,1-3H3,(H,39,41). The number of fused-ring (bicyclic) bond motifs is 1. The maximum atomic E-state index is 14.5. The molecule has 0 bridgehead atoms. The molecule has 7 rings (SSSR count). The molecule has 4 heterocycles. The van der Waals surface area contributed by atoms with E-state index in [-0.39, 0.29) is 29.0 Å². The number of alkyl halides is 3. The van der Waals surface area contributed by atoms with Crippen molar-refractivity contribution >= 4 is 17.5 Å². The van der Waals surface area contributed by atoms with E-state index in [0.29, 0.717) is 41.8 Å². The molecule has 1 aromatic carbocycles. The maximum absolute atomic E-state index is 14.5. The number of aryl methyl sites for hydroxylation is 1. The Morgan fingerprint density at radius 1 is 1.11 bits per heavy atom. The number of amides is 1. The Morgan fingerprint density at radius 3 is 2.59 bits per heavy atom. The minimum Gasteiger partial charge on any atom is -0.370 e. The summed E-state index contributed by atoms with van der Waals surface area (Å²) in [7, 11) is 3.79. The van der Waals surface area contributed by atoms with E-state index >= 15 is 0 Å². The molecule has 2 aliphatic carbocycles. The summed E-state index contributed by atoms with van der Waals surface area (Å²) in [6.45, 7) is 2.94. The van der Waals surface area contributed by atoms with Gasteiger partial charge in [-0.15, -0.1) is 10.2 Å². The fraction of sp³-hybridized carbons (Fsp3) is 0.441. The average Bonchev–Trinajstić information content (AvgIpc) is 3.64. The SMILES string of the molecule is CN(Cc1cc2c(c(C(F)(F)F)c1)CN(c1cc(-c3cnccc3-c3nncn3C)cc(NCCC3CC3)n1)C2=O)C1(C)CCC1. The molecule has 4 aromatic rings. The number of hydrogen-bond donors (Lipinski definition) is 1. The molecule has 1 amide bonds. The fourth-order valence-electron chi connectivity index (χ4n) is 6.59. The number of anilines is 2. The van der Waals surface area contributed by atoms with Gasteiger partial charge in [-0.2, -0.15) is 13.2 Å². The van der Waals surface area contributed by atoms with Crippen LogP contribution < -0.4 is 10.2 Å². The fourth-order valence-corrected chi connectivity index (χ4v) is 6.59. The largest absolute Gasteiger partial charge is 0.416 e. The van der Waals surface area contributed by atoms with Crippen LogP contribution >= 0.6 is 0 Å². The van der Waals surface area contributed by atoms with Crippen molar-refractivity contribution in [2.24, 2.45) is 13.0 Å². The van der Waals surface area contributed by atoms with Crippen LogP contribution in [0.1, 0.15) is 72.5 Å². The molecule has 1 N–H and O–H groups in total. The highest BCUT2D eigenvalue weighted by Gasteiger charge is 2.42. The zero-order chi connectivity index (χ0) is 32.2. The number of carbonyl (C=O) groups excluding carboxylic acids is 1. The Kier molecular flexibility index (Phi) is 7.57. The molecule has 0 unspecified atom stereocenters. The van der Waals surface area contributed by atoms with Gasteiger partial charge in [0.25, 0.3) is 5.91 Å². The lowest BCUT2D eigenvalue weighted by molar-refractivity contribution is -0.138. The number of halogens is 3. The molecule has 0 atom stereocenters. The van der Waals surface area contributed by atoms with Gasteiger partial charge in [0.1, 0.15) is 18.0 Å². The quantitative estimate of drug-likeness (QED) is 0.208. The first-order valence-electron chi connectivity index (χ1n) is 15.8. The van der Waals surface area contributed by atoms with Crippen LogP contribution in [0.15, 0.2) is 49.1 Å². The summed E-state index contributed by atoms with van der Waals surface area (Å²) in [5.41, 5.74) is 1.95. The van der Waals surface area contributed by atoms with Crippen molar-refractivity contribution < 1.29 is 18.0 Å². The van der Waals surface area contributed by atoms with E-state index in [1.165, 1.54) is 23.8 Å². The van der Waals surface area contributed by atoms with Crippen LogP contribution in [0.25, 0.3) is 22.5 Å². The lowest BCUT2D eigenvalue weighted by Crippen LogP contribution is -2.48. The molecule has 0 saturated heterocycles. The van der Waals surface area contributed by atoms with E-state index in [1.54, 1.807) is 35.4 Å². The summed E-state index contributed by atoms with van der Waals surface area (Å²) >= 11 is 0. The molecule has 0 radical (unpaired) electrons.